The monoisotopic (exact) mass is 342 g/mol. The number of nitrogens with one attached hydrogen (secondary N) is 1. The summed E-state index contributed by atoms with van der Waals surface area (Å²) in [6.07, 6.45) is -5.06. The number of carbonyl (C=O) groups is 3. The molecule has 0 aromatic heterocycles. The van der Waals surface area contributed by atoms with Crippen LogP contribution in [0.3, 0.4) is 0 Å². The number of aliphatic carboxylic acids is 1. The average molecular weight is 342 g/mol. The summed E-state index contributed by atoms with van der Waals surface area (Å²) in [5, 5.41) is 19.6. The van der Waals surface area contributed by atoms with E-state index >= 15 is 0 Å². The minimum absolute atomic E-state index is 0.00610. The van der Waals surface area contributed by atoms with Gasteiger partial charge in [-0.3, -0.25) is 14.4 Å². The number of carboxylic acids is 1. The maximum Gasteiger partial charge on any atom is 0.416 e. The SMILES string of the molecule is N#CC(C(=O)CCCC(=O)O)C(=O)Nc1ccc(C(F)(F)F)cc1. The highest BCUT2D eigenvalue weighted by Gasteiger charge is 2.30. The summed E-state index contributed by atoms with van der Waals surface area (Å²) in [5.74, 6) is -4.48. The van der Waals surface area contributed by atoms with E-state index in [1.165, 1.54) is 6.07 Å². The third-order valence-electron chi connectivity index (χ3n) is 3.01. The van der Waals surface area contributed by atoms with Crippen LogP contribution in [-0.4, -0.2) is 22.8 Å². The lowest BCUT2D eigenvalue weighted by Gasteiger charge is -2.11. The highest BCUT2D eigenvalue weighted by molar-refractivity contribution is 6.09. The zero-order valence-corrected chi connectivity index (χ0v) is 12.3. The first-order chi connectivity index (χ1) is 11.1. The minimum atomic E-state index is -4.52. The van der Waals surface area contributed by atoms with Crippen molar-refractivity contribution in [3.63, 3.8) is 0 Å². The van der Waals surface area contributed by atoms with Gasteiger partial charge in [-0.2, -0.15) is 18.4 Å². The van der Waals surface area contributed by atoms with E-state index in [0.717, 1.165) is 24.3 Å². The van der Waals surface area contributed by atoms with Crippen molar-refractivity contribution in [3.05, 3.63) is 29.8 Å². The van der Waals surface area contributed by atoms with Crippen molar-refractivity contribution in [1.29, 1.82) is 5.26 Å². The molecule has 1 unspecified atom stereocenters. The number of Topliss-reactive ketones (excluding diaryl/α,β-unsaturated/α-hetero) is 1. The molecule has 1 atom stereocenters. The summed E-state index contributed by atoms with van der Waals surface area (Å²) in [5.41, 5.74) is -0.895. The molecule has 1 aromatic carbocycles. The number of carbonyl (C=O) groups excluding carboxylic acids is 2. The molecule has 24 heavy (non-hydrogen) atoms. The second-order valence-corrected chi connectivity index (χ2v) is 4.84. The van der Waals surface area contributed by atoms with Gasteiger partial charge in [-0.15, -0.1) is 0 Å². The van der Waals surface area contributed by atoms with Crippen molar-refractivity contribution < 1.29 is 32.7 Å². The van der Waals surface area contributed by atoms with Crippen molar-refractivity contribution in [2.75, 3.05) is 5.32 Å². The molecule has 0 heterocycles. The first-order valence-corrected chi connectivity index (χ1v) is 6.77. The Labute approximate surface area is 134 Å². The summed E-state index contributed by atoms with van der Waals surface area (Å²) < 4.78 is 37.3. The summed E-state index contributed by atoms with van der Waals surface area (Å²) >= 11 is 0. The summed E-state index contributed by atoms with van der Waals surface area (Å²) in [6, 6.07) is 5.03. The van der Waals surface area contributed by atoms with E-state index < -0.39 is 35.3 Å². The lowest BCUT2D eigenvalue weighted by Crippen LogP contribution is -2.28. The third-order valence-corrected chi connectivity index (χ3v) is 3.01. The van der Waals surface area contributed by atoms with E-state index in [4.69, 9.17) is 10.4 Å². The van der Waals surface area contributed by atoms with Crippen molar-refractivity contribution in [2.45, 2.75) is 25.4 Å². The number of hydrogen-bond donors (Lipinski definition) is 2. The van der Waals surface area contributed by atoms with E-state index in [9.17, 15) is 27.6 Å². The molecule has 1 amide bonds. The van der Waals surface area contributed by atoms with Crippen LogP contribution in [0.4, 0.5) is 18.9 Å². The number of amides is 1. The number of nitrogens with zero attached hydrogens (tertiary/aromatic N) is 1. The van der Waals surface area contributed by atoms with Crippen LogP contribution in [0, 0.1) is 17.2 Å². The number of hydrogen-bond acceptors (Lipinski definition) is 4. The molecule has 1 rings (SSSR count). The Hall–Kier alpha value is -2.89. The first-order valence-electron chi connectivity index (χ1n) is 6.77. The number of carboxylic acid groups (broad SMARTS) is 1. The van der Waals surface area contributed by atoms with Gasteiger partial charge in [0, 0.05) is 18.5 Å². The lowest BCUT2D eigenvalue weighted by molar-refractivity contribution is -0.138. The van der Waals surface area contributed by atoms with Crippen molar-refractivity contribution in [3.8, 4) is 6.07 Å². The van der Waals surface area contributed by atoms with Gasteiger partial charge in [0.25, 0.3) is 0 Å². The normalized spacial score (nSPS) is 12.1. The van der Waals surface area contributed by atoms with E-state index in [0.29, 0.717) is 0 Å². The molecule has 2 N–H and O–H groups in total. The number of nitriles is 1. The fourth-order valence-electron chi connectivity index (χ4n) is 1.79. The Balaban J connectivity index is 2.69. The maximum atomic E-state index is 12.4. The molecule has 0 fully saturated rings. The molecule has 0 aliphatic heterocycles. The van der Waals surface area contributed by atoms with Gasteiger partial charge in [-0.1, -0.05) is 0 Å². The molecule has 6 nitrogen and oxygen atoms in total. The second kappa shape index (κ2) is 8.10. The molecule has 0 radical (unpaired) electrons. The van der Waals surface area contributed by atoms with Gasteiger partial charge in [-0.25, -0.2) is 0 Å². The van der Waals surface area contributed by atoms with Gasteiger partial charge < -0.3 is 10.4 Å². The number of benzene rings is 1. The molecular weight excluding hydrogens is 329 g/mol. The van der Waals surface area contributed by atoms with Crippen molar-refractivity contribution >= 4 is 23.3 Å². The molecular formula is C15H13F3N2O4. The van der Waals surface area contributed by atoms with Crippen LogP contribution in [-0.2, 0) is 20.6 Å². The van der Waals surface area contributed by atoms with Crippen LogP contribution >= 0.6 is 0 Å². The molecule has 0 bridgehead atoms. The van der Waals surface area contributed by atoms with E-state index in [2.05, 4.69) is 5.32 Å². The summed E-state index contributed by atoms with van der Waals surface area (Å²) in [6.45, 7) is 0. The largest absolute Gasteiger partial charge is 0.481 e. The highest BCUT2D eigenvalue weighted by atomic mass is 19.4. The highest BCUT2D eigenvalue weighted by Crippen LogP contribution is 2.29. The minimum Gasteiger partial charge on any atom is -0.481 e. The summed E-state index contributed by atoms with van der Waals surface area (Å²) in [7, 11) is 0. The molecule has 0 aliphatic carbocycles. The Morgan fingerprint density at radius 1 is 1.17 bits per heavy atom. The van der Waals surface area contributed by atoms with Gasteiger partial charge in [0.1, 0.15) is 0 Å². The number of ketones is 1. The second-order valence-electron chi connectivity index (χ2n) is 4.84. The number of rotatable bonds is 7. The van der Waals surface area contributed by atoms with Gasteiger partial charge in [0.05, 0.1) is 11.6 Å². The Bertz CT molecular complexity index is 663. The molecule has 0 saturated carbocycles. The van der Waals surface area contributed by atoms with E-state index in [-0.39, 0.29) is 24.9 Å². The quantitative estimate of drug-likeness (QED) is 0.741. The van der Waals surface area contributed by atoms with Crippen LogP contribution < -0.4 is 5.32 Å². The Morgan fingerprint density at radius 3 is 2.21 bits per heavy atom. The number of alkyl halides is 3. The smallest absolute Gasteiger partial charge is 0.416 e. The van der Waals surface area contributed by atoms with Crippen LogP contribution in [0.2, 0.25) is 0 Å². The number of halogens is 3. The van der Waals surface area contributed by atoms with Gasteiger partial charge in [0.15, 0.2) is 11.7 Å². The van der Waals surface area contributed by atoms with Gasteiger partial charge in [-0.05, 0) is 30.7 Å². The third kappa shape index (κ3) is 5.72. The topological polar surface area (TPSA) is 107 Å². The number of anilines is 1. The fourth-order valence-corrected chi connectivity index (χ4v) is 1.79. The van der Waals surface area contributed by atoms with Crippen molar-refractivity contribution in [1.82, 2.24) is 0 Å². The van der Waals surface area contributed by atoms with Crippen LogP contribution in [0.25, 0.3) is 0 Å². The zero-order chi connectivity index (χ0) is 18.3. The first kappa shape index (κ1) is 19.2. The lowest BCUT2D eigenvalue weighted by atomic mass is 10.00. The molecule has 0 saturated heterocycles. The van der Waals surface area contributed by atoms with E-state index in [1.807, 2.05) is 0 Å². The van der Waals surface area contributed by atoms with Crippen LogP contribution in [0.15, 0.2) is 24.3 Å². The van der Waals surface area contributed by atoms with Gasteiger partial charge in [0.2, 0.25) is 5.91 Å². The average Bonchev–Trinajstić information content (AvgIpc) is 2.47. The molecule has 0 aliphatic rings. The van der Waals surface area contributed by atoms with E-state index in [1.54, 1.807) is 0 Å². The fraction of sp³-hybridized carbons (Fsp3) is 0.333. The molecule has 1 aromatic rings. The standard InChI is InChI=1S/C15H13F3N2O4/c16-15(17,18)9-4-6-10(7-5-9)20-14(24)11(8-19)12(21)2-1-3-13(22)23/h4-7,11H,1-3H2,(H,20,24)(H,22,23). The maximum absolute atomic E-state index is 12.4. The van der Waals surface area contributed by atoms with Gasteiger partial charge >= 0.3 is 12.1 Å². The Kier molecular flexibility index (Phi) is 6.47. The van der Waals surface area contributed by atoms with Crippen LogP contribution in [0.1, 0.15) is 24.8 Å². The Morgan fingerprint density at radius 2 is 1.75 bits per heavy atom. The predicted octanol–water partition coefficient (Wildman–Crippen LogP) is 2.61. The predicted molar refractivity (Wildman–Crippen MR) is 75.7 cm³/mol. The molecule has 9 heteroatoms. The molecule has 128 valence electrons. The molecule has 0 spiro atoms. The van der Waals surface area contributed by atoms with Crippen molar-refractivity contribution in [2.24, 2.45) is 5.92 Å². The zero-order valence-electron chi connectivity index (χ0n) is 12.3. The summed E-state index contributed by atoms with van der Waals surface area (Å²) in [4.78, 5) is 34.0. The van der Waals surface area contributed by atoms with Crippen LogP contribution in [0.5, 0.6) is 0 Å².